The molecule has 2 aromatic rings. The molecule has 0 bridgehead atoms. The monoisotopic (exact) mass is 500 g/mol. The van der Waals surface area contributed by atoms with Gasteiger partial charge >= 0.3 is 18.0 Å². The number of aromatic nitrogens is 1. The van der Waals surface area contributed by atoms with Crippen LogP contribution in [0.2, 0.25) is 0 Å². The van der Waals surface area contributed by atoms with Crippen LogP contribution in [0.25, 0.3) is 0 Å². The van der Waals surface area contributed by atoms with Crippen LogP contribution in [-0.2, 0) is 26.7 Å². The zero-order chi connectivity index (χ0) is 24.4. The fourth-order valence-corrected chi connectivity index (χ4v) is 7.11. The van der Waals surface area contributed by atoms with Crippen LogP contribution < -0.4 is 5.32 Å². The standard InChI is InChI=1S/C20H16F8N2O2S/c21-11-2-1-3-12(10-11)33(31,32)17-8-9-29-15(17)7-5-14-13(17)4-6-16(30-14)18(22,19(23,24)25)20(26,27)28/h1-4,6,10,15,29H,5,7-9H2. The molecule has 0 spiro atoms. The summed E-state index contributed by atoms with van der Waals surface area (Å²) in [5.74, 6) is -0.836. The lowest BCUT2D eigenvalue weighted by Crippen LogP contribution is -2.52. The average molecular weight is 500 g/mol. The van der Waals surface area contributed by atoms with Gasteiger partial charge in [-0.05, 0) is 55.6 Å². The number of fused-ring (bicyclic) bond motifs is 3. The Bertz CT molecular complexity index is 1180. The lowest BCUT2D eigenvalue weighted by Gasteiger charge is -2.40. The molecule has 33 heavy (non-hydrogen) atoms. The molecule has 4 nitrogen and oxygen atoms in total. The van der Waals surface area contributed by atoms with E-state index in [-0.39, 0.29) is 43.1 Å². The summed E-state index contributed by atoms with van der Waals surface area (Å²) < 4.78 is 133. The van der Waals surface area contributed by atoms with Gasteiger partial charge in [0, 0.05) is 11.7 Å². The number of pyridine rings is 1. The molecular formula is C20H16F8N2O2S. The fourth-order valence-electron chi connectivity index (χ4n) is 4.74. The lowest BCUT2D eigenvalue weighted by atomic mass is 9.80. The van der Waals surface area contributed by atoms with Crippen molar-refractivity contribution in [3.05, 3.63) is 59.2 Å². The third kappa shape index (κ3) is 3.26. The quantitative estimate of drug-likeness (QED) is 0.632. The Kier molecular flexibility index (Phi) is 5.32. The highest BCUT2D eigenvalue weighted by atomic mass is 32.2. The molecule has 2 aliphatic rings. The summed E-state index contributed by atoms with van der Waals surface area (Å²) in [7, 11) is -4.38. The van der Waals surface area contributed by atoms with Crippen molar-refractivity contribution in [1.82, 2.24) is 10.3 Å². The van der Waals surface area contributed by atoms with Gasteiger partial charge in [-0.25, -0.2) is 17.2 Å². The van der Waals surface area contributed by atoms with Crippen molar-refractivity contribution in [3.63, 3.8) is 0 Å². The summed E-state index contributed by atoms with van der Waals surface area (Å²) in [6.07, 6.45) is -12.9. The number of sulfone groups is 1. The summed E-state index contributed by atoms with van der Waals surface area (Å²) in [5.41, 5.74) is -8.13. The van der Waals surface area contributed by atoms with Gasteiger partial charge in [0.1, 0.15) is 10.6 Å². The normalized spacial score (nSPS) is 23.8. The SMILES string of the molecule is O=S(=O)(c1cccc(F)c1)C12CCNC1CCc1nc(C(F)(C(F)(F)F)C(F)(F)F)ccc12. The van der Waals surface area contributed by atoms with Crippen LogP contribution >= 0.6 is 0 Å². The number of nitrogens with zero attached hydrogens (tertiary/aromatic N) is 1. The van der Waals surface area contributed by atoms with Gasteiger partial charge < -0.3 is 5.32 Å². The Morgan fingerprint density at radius 1 is 1.00 bits per heavy atom. The molecule has 2 heterocycles. The molecule has 0 saturated carbocycles. The molecule has 1 fully saturated rings. The lowest BCUT2D eigenvalue weighted by molar-refractivity contribution is -0.350. The first kappa shape index (κ1) is 23.9. The molecule has 1 aromatic carbocycles. The maximum Gasteiger partial charge on any atom is 0.437 e. The number of aryl methyl sites for hydroxylation is 1. The van der Waals surface area contributed by atoms with Crippen LogP contribution in [0.3, 0.4) is 0 Å². The van der Waals surface area contributed by atoms with Gasteiger partial charge in [0.15, 0.2) is 9.84 Å². The summed E-state index contributed by atoms with van der Waals surface area (Å²) in [4.78, 5) is 2.98. The molecule has 1 aromatic heterocycles. The second-order valence-corrected chi connectivity index (χ2v) is 10.2. The number of benzene rings is 1. The third-order valence-electron chi connectivity index (χ3n) is 6.27. The van der Waals surface area contributed by atoms with Crippen molar-refractivity contribution >= 4 is 9.84 Å². The summed E-state index contributed by atoms with van der Waals surface area (Å²) in [6.45, 7) is 0.179. The zero-order valence-corrected chi connectivity index (χ0v) is 17.4. The number of nitrogens with one attached hydrogen (secondary N) is 1. The van der Waals surface area contributed by atoms with E-state index < -0.39 is 55.1 Å². The number of alkyl halides is 7. The minimum atomic E-state index is -6.34. The van der Waals surface area contributed by atoms with Crippen LogP contribution in [0, 0.1) is 5.82 Å². The van der Waals surface area contributed by atoms with Crippen molar-refractivity contribution in [3.8, 4) is 0 Å². The van der Waals surface area contributed by atoms with Crippen molar-refractivity contribution in [2.45, 2.75) is 53.0 Å². The first-order valence-corrected chi connectivity index (χ1v) is 11.2. The predicted octanol–water partition coefficient (Wildman–Crippen LogP) is 4.49. The molecule has 4 rings (SSSR count). The zero-order valence-electron chi connectivity index (χ0n) is 16.6. The Hall–Kier alpha value is -2.28. The molecule has 0 radical (unpaired) electrons. The first-order valence-electron chi connectivity index (χ1n) is 9.73. The Morgan fingerprint density at radius 3 is 2.27 bits per heavy atom. The average Bonchev–Trinajstić information content (AvgIpc) is 3.17. The van der Waals surface area contributed by atoms with E-state index in [1.165, 1.54) is 6.07 Å². The number of halogens is 8. The summed E-state index contributed by atoms with van der Waals surface area (Å²) >= 11 is 0. The minimum absolute atomic E-state index is 0.00925. The van der Waals surface area contributed by atoms with E-state index in [1.54, 1.807) is 0 Å². The van der Waals surface area contributed by atoms with Crippen LogP contribution in [0.4, 0.5) is 35.1 Å². The Morgan fingerprint density at radius 2 is 1.67 bits per heavy atom. The topological polar surface area (TPSA) is 59.1 Å². The van der Waals surface area contributed by atoms with E-state index in [2.05, 4.69) is 10.3 Å². The summed E-state index contributed by atoms with van der Waals surface area (Å²) in [6, 6.07) is 4.38. The van der Waals surface area contributed by atoms with Gasteiger partial charge in [0.25, 0.3) is 0 Å². The van der Waals surface area contributed by atoms with Gasteiger partial charge in [0.05, 0.1) is 10.6 Å². The van der Waals surface area contributed by atoms with Crippen molar-refractivity contribution in [1.29, 1.82) is 0 Å². The molecule has 0 amide bonds. The van der Waals surface area contributed by atoms with Gasteiger partial charge in [-0.15, -0.1) is 0 Å². The Labute approximate surface area is 182 Å². The minimum Gasteiger partial charge on any atom is -0.312 e. The van der Waals surface area contributed by atoms with Crippen LogP contribution in [0.5, 0.6) is 0 Å². The molecule has 13 heteroatoms. The third-order valence-corrected chi connectivity index (χ3v) is 8.81. The van der Waals surface area contributed by atoms with E-state index in [0.29, 0.717) is 0 Å². The van der Waals surface area contributed by atoms with Gasteiger partial charge in [-0.2, -0.15) is 26.3 Å². The van der Waals surface area contributed by atoms with Crippen molar-refractivity contribution in [2.75, 3.05) is 6.54 Å². The van der Waals surface area contributed by atoms with Gasteiger partial charge in [0.2, 0.25) is 0 Å². The molecule has 1 N–H and O–H groups in total. The maximum atomic E-state index is 14.5. The molecule has 2 atom stereocenters. The number of hydrogen-bond donors (Lipinski definition) is 1. The molecule has 180 valence electrons. The second-order valence-electron chi connectivity index (χ2n) is 7.99. The van der Waals surface area contributed by atoms with Crippen LogP contribution in [0.15, 0.2) is 41.3 Å². The van der Waals surface area contributed by atoms with E-state index in [1.807, 2.05) is 0 Å². The number of rotatable bonds is 3. The second kappa shape index (κ2) is 7.36. The van der Waals surface area contributed by atoms with Crippen molar-refractivity contribution < 1.29 is 43.5 Å². The predicted molar refractivity (Wildman–Crippen MR) is 99.1 cm³/mol. The van der Waals surface area contributed by atoms with Gasteiger partial charge in [-0.3, -0.25) is 4.98 Å². The van der Waals surface area contributed by atoms with Crippen LogP contribution in [-0.4, -0.2) is 38.3 Å². The van der Waals surface area contributed by atoms with E-state index in [0.717, 1.165) is 24.3 Å². The Balaban J connectivity index is 1.93. The smallest absolute Gasteiger partial charge is 0.312 e. The highest BCUT2D eigenvalue weighted by Crippen LogP contribution is 2.54. The maximum absolute atomic E-state index is 14.5. The van der Waals surface area contributed by atoms with Crippen LogP contribution in [0.1, 0.15) is 29.8 Å². The highest BCUT2D eigenvalue weighted by molar-refractivity contribution is 7.92. The number of hydrogen-bond acceptors (Lipinski definition) is 4. The van der Waals surface area contributed by atoms with Crippen molar-refractivity contribution in [2.24, 2.45) is 0 Å². The van der Waals surface area contributed by atoms with E-state index in [4.69, 9.17) is 0 Å². The van der Waals surface area contributed by atoms with E-state index >= 15 is 0 Å². The largest absolute Gasteiger partial charge is 0.437 e. The molecule has 1 aliphatic carbocycles. The fraction of sp³-hybridized carbons (Fsp3) is 0.450. The van der Waals surface area contributed by atoms with Gasteiger partial charge in [-0.1, -0.05) is 12.1 Å². The first-order chi connectivity index (χ1) is 15.2. The summed E-state index contributed by atoms with van der Waals surface area (Å²) in [5, 5.41) is 2.99. The molecular weight excluding hydrogens is 484 g/mol. The highest BCUT2D eigenvalue weighted by Gasteiger charge is 2.74. The molecule has 1 saturated heterocycles. The molecule has 2 unspecified atom stereocenters. The molecule has 1 aliphatic heterocycles. The van der Waals surface area contributed by atoms with E-state index in [9.17, 15) is 43.5 Å².